The lowest BCUT2D eigenvalue weighted by Gasteiger charge is -2.07. The molecule has 0 radical (unpaired) electrons. The van der Waals surface area contributed by atoms with Gasteiger partial charge in [-0.25, -0.2) is 0 Å². The van der Waals surface area contributed by atoms with Crippen molar-refractivity contribution in [2.24, 2.45) is 5.73 Å². The van der Waals surface area contributed by atoms with Crippen molar-refractivity contribution in [3.05, 3.63) is 66.5 Å². The van der Waals surface area contributed by atoms with E-state index in [-0.39, 0.29) is 0 Å². The van der Waals surface area contributed by atoms with Crippen molar-refractivity contribution in [1.82, 2.24) is 4.98 Å². The topological polar surface area (TPSA) is 38.9 Å². The van der Waals surface area contributed by atoms with E-state index < -0.39 is 0 Å². The lowest BCUT2D eigenvalue weighted by atomic mass is 9.99. The first-order valence-corrected chi connectivity index (χ1v) is 6.01. The fourth-order valence-corrected chi connectivity index (χ4v) is 2.19. The molecule has 2 nitrogen and oxygen atoms in total. The molecule has 0 atom stereocenters. The number of rotatable bonds is 2. The Morgan fingerprint density at radius 3 is 2.56 bits per heavy atom. The van der Waals surface area contributed by atoms with Gasteiger partial charge in [0.2, 0.25) is 0 Å². The Bertz CT molecular complexity index is 675. The molecule has 0 amide bonds. The minimum atomic E-state index is 0.471. The van der Waals surface area contributed by atoms with E-state index in [1.165, 1.54) is 16.5 Å². The largest absolute Gasteiger partial charge is 0.325 e. The highest BCUT2D eigenvalue weighted by Crippen LogP contribution is 2.28. The SMILES string of the molecule is NCc1cc2c(-c3ccccc3)cccc2cn1. The molecule has 18 heavy (non-hydrogen) atoms. The standard InChI is InChI=1S/C16H14N2/c17-10-14-9-16-13(11-18-14)7-4-8-15(16)12-5-2-1-3-6-12/h1-9,11H,10,17H2. The number of hydrogen-bond acceptors (Lipinski definition) is 2. The molecular formula is C16H14N2. The van der Waals surface area contributed by atoms with E-state index in [0.29, 0.717) is 6.54 Å². The van der Waals surface area contributed by atoms with Crippen LogP contribution in [0.4, 0.5) is 0 Å². The maximum absolute atomic E-state index is 5.67. The van der Waals surface area contributed by atoms with Crippen molar-refractivity contribution in [1.29, 1.82) is 0 Å². The van der Waals surface area contributed by atoms with Crippen LogP contribution in [0.15, 0.2) is 60.8 Å². The van der Waals surface area contributed by atoms with Gasteiger partial charge in [-0.15, -0.1) is 0 Å². The summed E-state index contributed by atoms with van der Waals surface area (Å²) in [5.74, 6) is 0. The molecule has 3 rings (SSSR count). The number of nitrogens with two attached hydrogens (primary N) is 1. The number of aromatic nitrogens is 1. The Morgan fingerprint density at radius 2 is 1.78 bits per heavy atom. The minimum Gasteiger partial charge on any atom is -0.325 e. The Morgan fingerprint density at radius 1 is 0.944 bits per heavy atom. The van der Waals surface area contributed by atoms with Crippen molar-refractivity contribution in [2.45, 2.75) is 6.54 Å². The molecule has 0 aliphatic carbocycles. The molecule has 2 aromatic carbocycles. The zero-order valence-electron chi connectivity index (χ0n) is 10.0. The van der Waals surface area contributed by atoms with Gasteiger partial charge in [0.15, 0.2) is 0 Å². The highest BCUT2D eigenvalue weighted by Gasteiger charge is 2.04. The smallest absolute Gasteiger partial charge is 0.0546 e. The summed E-state index contributed by atoms with van der Waals surface area (Å²) in [7, 11) is 0. The summed E-state index contributed by atoms with van der Waals surface area (Å²) in [6, 6.07) is 18.7. The van der Waals surface area contributed by atoms with E-state index in [9.17, 15) is 0 Å². The number of nitrogens with zero attached hydrogens (tertiary/aromatic N) is 1. The Labute approximate surface area is 106 Å². The van der Waals surface area contributed by atoms with Gasteiger partial charge in [-0.3, -0.25) is 4.98 Å². The summed E-state index contributed by atoms with van der Waals surface area (Å²) in [4.78, 5) is 4.34. The summed E-state index contributed by atoms with van der Waals surface area (Å²) in [5, 5.41) is 2.35. The molecule has 2 heteroatoms. The van der Waals surface area contributed by atoms with Crippen molar-refractivity contribution in [3.8, 4) is 11.1 Å². The zero-order chi connectivity index (χ0) is 12.4. The highest BCUT2D eigenvalue weighted by molar-refractivity contribution is 5.96. The molecule has 0 bridgehead atoms. The van der Waals surface area contributed by atoms with Crippen LogP contribution in [0.1, 0.15) is 5.69 Å². The molecule has 1 heterocycles. The van der Waals surface area contributed by atoms with Gasteiger partial charge >= 0.3 is 0 Å². The molecular weight excluding hydrogens is 220 g/mol. The summed E-state index contributed by atoms with van der Waals surface area (Å²) >= 11 is 0. The molecule has 0 saturated carbocycles. The van der Waals surface area contributed by atoms with Crippen LogP contribution in [0.25, 0.3) is 21.9 Å². The summed E-state index contributed by atoms with van der Waals surface area (Å²) in [5.41, 5.74) is 9.04. The van der Waals surface area contributed by atoms with E-state index in [4.69, 9.17) is 5.73 Å². The average Bonchev–Trinajstić information content (AvgIpc) is 2.47. The maximum Gasteiger partial charge on any atom is 0.0546 e. The third-order valence-electron chi connectivity index (χ3n) is 3.11. The van der Waals surface area contributed by atoms with Crippen LogP contribution in [0.2, 0.25) is 0 Å². The van der Waals surface area contributed by atoms with Crippen LogP contribution >= 0.6 is 0 Å². The van der Waals surface area contributed by atoms with Gasteiger partial charge in [0.25, 0.3) is 0 Å². The molecule has 2 N–H and O–H groups in total. The number of hydrogen-bond donors (Lipinski definition) is 1. The zero-order valence-corrected chi connectivity index (χ0v) is 10.0. The quantitative estimate of drug-likeness (QED) is 0.738. The fraction of sp³-hybridized carbons (Fsp3) is 0.0625. The Kier molecular flexibility index (Phi) is 2.79. The van der Waals surface area contributed by atoms with Crippen molar-refractivity contribution < 1.29 is 0 Å². The predicted octanol–water partition coefficient (Wildman–Crippen LogP) is 3.36. The summed E-state index contributed by atoms with van der Waals surface area (Å²) in [6.07, 6.45) is 1.89. The number of benzene rings is 2. The molecule has 0 fully saturated rings. The van der Waals surface area contributed by atoms with Gasteiger partial charge in [-0.05, 0) is 22.6 Å². The molecule has 0 aliphatic heterocycles. The van der Waals surface area contributed by atoms with Crippen molar-refractivity contribution in [2.75, 3.05) is 0 Å². The molecule has 0 aliphatic rings. The third-order valence-corrected chi connectivity index (χ3v) is 3.11. The molecule has 0 unspecified atom stereocenters. The average molecular weight is 234 g/mol. The van der Waals surface area contributed by atoms with Gasteiger partial charge in [0.05, 0.1) is 5.69 Å². The van der Waals surface area contributed by atoms with Gasteiger partial charge in [0.1, 0.15) is 0 Å². The molecule has 0 saturated heterocycles. The van der Waals surface area contributed by atoms with Crippen LogP contribution in [0.3, 0.4) is 0 Å². The fourth-order valence-electron chi connectivity index (χ4n) is 2.19. The first-order valence-electron chi connectivity index (χ1n) is 6.01. The second kappa shape index (κ2) is 4.59. The summed E-state index contributed by atoms with van der Waals surface area (Å²) in [6.45, 7) is 0.471. The first-order chi connectivity index (χ1) is 8.88. The van der Waals surface area contributed by atoms with Crippen LogP contribution in [-0.2, 0) is 6.54 Å². The second-order valence-electron chi connectivity index (χ2n) is 4.27. The number of pyridine rings is 1. The van der Waals surface area contributed by atoms with E-state index in [1.807, 2.05) is 12.3 Å². The van der Waals surface area contributed by atoms with Gasteiger partial charge < -0.3 is 5.73 Å². The van der Waals surface area contributed by atoms with Crippen LogP contribution < -0.4 is 5.73 Å². The lowest BCUT2D eigenvalue weighted by molar-refractivity contribution is 0.998. The van der Waals surface area contributed by atoms with Crippen LogP contribution in [0.5, 0.6) is 0 Å². The van der Waals surface area contributed by atoms with Gasteiger partial charge in [-0.2, -0.15) is 0 Å². The number of fused-ring (bicyclic) bond motifs is 1. The second-order valence-corrected chi connectivity index (χ2v) is 4.27. The monoisotopic (exact) mass is 234 g/mol. The van der Waals surface area contributed by atoms with Crippen molar-refractivity contribution in [3.63, 3.8) is 0 Å². The van der Waals surface area contributed by atoms with E-state index in [2.05, 4.69) is 53.5 Å². The van der Waals surface area contributed by atoms with E-state index in [1.54, 1.807) is 0 Å². The maximum atomic E-state index is 5.67. The van der Waals surface area contributed by atoms with E-state index in [0.717, 1.165) is 11.1 Å². The van der Waals surface area contributed by atoms with E-state index >= 15 is 0 Å². The van der Waals surface area contributed by atoms with Crippen molar-refractivity contribution >= 4 is 10.8 Å². The third kappa shape index (κ3) is 1.87. The summed E-state index contributed by atoms with van der Waals surface area (Å²) < 4.78 is 0. The molecule has 0 spiro atoms. The predicted molar refractivity (Wildman–Crippen MR) is 75.1 cm³/mol. The highest BCUT2D eigenvalue weighted by atomic mass is 14.7. The molecule has 88 valence electrons. The van der Waals surface area contributed by atoms with Gasteiger partial charge in [0, 0.05) is 18.1 Å². The Hall–Kier alpha value is -2.19. The lowest BCUT2D eigenvalue weighted by Crippen LogP contribution is -1.99. The normalized spacial score (nSPS) is 10.7. The van der Waals surface area contributed by atoms with Gasteiger partial charge in [-0.1, -0.05) is 48.5 Å². The minimum absolute atomic E-state index is 0.471. The first kappa shape index (κ1) is 10.9. The Balaban J connectivity index is 2.29. The molecule has 3 aromatic rings. The van der Waals surface area contributed by atoms with Crippen LogP contribution in [-0.4, -0.2) is 4.98 Å². The van der Waals surface area contributed by atoms with Crippen LogP contribution in [0, 0.1) is 0 Å². The molecule has 1 aromatic heterocycles.